The van der Waals surface area contributed by atoms with Crippen LogP contribution < -0.4 is 5.32 Å². The number of carboxylic acid groups (broad SMARTS) is 1. The van der Waals surface area contributed by atoms with Crippen LogP contribution in [0.4, 0.5) is 4.79 Å². The van der Waals surface area contributed by atoms with Crippen molar-refractivity contribution in [1.82, 2.24) is 15.1 Å². The Bertz CT molecular complexity index is 309. The Morgan fingerprint density at radius 3 is 2.35 bits per heavy atom. The third-order valence-electron chi connectivity index (χ3n) is 3.40. The van der Waals surface area contributed by atoms with E-state index >= 15 is 0 Å². The van der Waals surface area contributed by atoms with Crippen LogP contribution in [0.3, 0.4) is 0 Å². The molecule has 98 valence electrons. The molecule has 2 amide bonds. The minimum absolute atomic E-state index is 0.118. The summed E-state index contributed by atoms with van der Waals surface area (Å²) in [6.45, 7) is 5.22. The SMILES string of the molecule is CN(C)C(C)(C)CNC(=O)N1CC(C(=O)O)C1. The fourth-order valence-electron chi connectivity index (χ4n) is 1.36. The summed E-state index contributed by atoms with van der Waals surface area (Å²) in [7, 11) is 3.91. The number of carbonyl (C=O) groups is 2. The van der Waals surface area contributed by atoms with Gasteiger partial charge in [0.2, 0.25) is 0 Å². The van der Waals surface area contributed by atoms with Gasteiger partial charge in [0.25, 0.3) is 0 Å². The van der Waals surface area contributed by atoms with E-state index in [0.717, 1.165) is 0 Å². The van der Waals surface area contributed by atoms with Gasteiger partial charge < -0.3 is 20.2 Å². The Morgan fingerprint density at radius 2 is 1.94 bits per heavy atom. The van der Waals surface area contributed by atoms with Gasteiger partial charge in [0.15, 0.2) is 0 Å². The van der Waals surface area contributed by atoms with Gasteiger partial charge in [0.05, 0.1) is 5.92 Å². The highest BCUT2D eigenvalue weighted by molar-refractivity contribution is 5.79. The molecule has 1 aliphatic rings. The van der Waals surface area contributed by atoms with E-state index in [1.165, 1.54) is 4.90 Å². The molecule has 0 aromatic heterocycles. The quantitative estimate of drug-likeness (QED) is 0.732. The molecule has 1 rings (SSSR count). The van der Waals surface area contributed by atoms with Crippen LogP contribution in [0.5, 0.6) is 0 Å². The zero-order chi connectivity index (χ0) is 13.2. The summed E-state index contributed by atoms with van der Waals surface area (Å²) in [6, 6.07) is -0.183. The lowest BCUT2D eigenvalue weighted by molar-refractivity contribution is -0.146. The first-order valence-electron chi connectivity index (χ1n) is 5.67. The summed E-state index contributed by atoms with van der Waals surface area (Å²) >= 11 is 0. The third-order valence-corrected chi connectivity index (χ3v) is 3.40. The van der Waals surface area contributed by atoms with Gasteiger partial charge in [-0.05, 0) is 27.9 Å². The minimum atomic E-state index is -0.831. The van der Waals surface area contributed by atoms with E-state index < -0.39 is 11.9 Å². The number of hydrogen-bond acceptors (Lipinski definition) is 3. The topological polar surface area (TPSA) is 72.9 Å². The highest BCUT2D eigenvalue weighted by Gasteiger charge is 2.36. The second-order valence-electron chi connectivity index (χ2n) is 5.31. The summed E-state index contributed by atoms with van der Waals surface area (Å²) in [5.41, 5.74) is -0.118. The van der Waals surface area contributed by atoms with Crippen molar-refractivity contribution in [3.8, 4) is 0 Å². The number of likely N-dealkylation sites (N-methyl/N-ethyl adjacent to an activating group) is 1. The number of nitrogens with one attached hydrogen (secondary N) is 1. The Labute approximate surface area is 102 Å². The van der Waals surface area contributed by atoms with Gasteiger partial charge >= 0.3 is 12.0 Å². The second kappa shape index (κ2) is 4.91. The fourth-order valence-corrected chi connectivity index (χ4v) is 1.36. The molecule has 0 aliphatic carbocycles. The summed E-state index contributed by atoms with van der Waals surface area (Å²) in [5, 5.41) is 11.5. The highest BCUT2D eigenvalue weighted by atomic mass is 16.4. The summed E-state index contributed by atoms with van der Waals surface area (Å²) in [4.78, 5) is 25.8. The normalized spacial score (nSPS) is 16.9. The number of urea groups is 1. The van der Waals surface area contributed by atoms with Crippen molar-refractivity contribution in [3.05, 3.63) is 0 Å². The van der Waals surface area contributed by atoms with Gasteiger partial charge in [-0.3, -0.25) is 4.79 Å². The molecule has 17 heavy (non-hydrogen) atoms. The smallest absolute Gasteiger partial charge is 0.317 e. The molecule has 1 aliphatic heterocycles. The van der Waals surface area contributed by atoms with Crippen LogP contribution >= 0.6 is 0 Å². The molecule has 0 spiro atoms. The zero-order valence-electron chi connectivity index (χ0n) is 10.9. The number of aliphatic carboxylic acids is 1. The number of carboxylic acids is 1. The van der Waals surface area contributed by atoms with Crippen molar-refractivity contribution in [2.75, 3.05) is 33.7 Å². The number of nitrogens with zero attached hydrogens (tertiary/aromatic N) is 2. The molecule has 1 saturated heterocycles. The molecule has 1 heterocycles. The van der Waals surface area contributed by atoms with Crippen LogP contribution in [-0.4, -0.2) is 66.2 Å². The molecular formula is C11H21N3O3. The van der Waals surface area contributed by atoms with Crippen molar-refractivity contribution < 1.29 is 14.7 Å². The molecular weight excluding hydrogens is 222 g/mol. The number of carbonyl (C=O) groups excluding carboxylic acids is 1. The Morgan fingerprint density at radius 1 is 1.41 bits per heavy atom. The van der Waals surface area contributed by atoms with E-state index in [9.17, 15) is 9.59 Å². The van der Waals surface area contributed by atoms with Crippen molar-refractivity contribution in [1.29, 1.82) is 0 Å². The van der Waals surface area contributed by atoms with Gasteiger partial charge in [0, 0.05) is 25.2 Å². The van der Waals surface area contributed by atoms with Gasteiger partial charge in [0.1, 0.15) is 0 Å². The maximum absolute atomic E-state index is 11.7. The number of amides is 2. The second-order valence-corrected chi connectivity index (χ2v) is 5.31. The van der Waals surface area contributed by atoms with Crippen LogP contribution in [0.25, 0.3) is 0 Å². The van der Waals surface area contributed by atoms with Gasteiger partial charge in [-0.15, -0.1) is 0 Å². The minimum Gasteiger partial charge on any atom is -0.481 e. The van der Waals surface area contributed by atoms with E-state index in [4.69, 9.17) is 5.11 Å². The lowest BCUT2D eigenvalue weighted by Crippen LogP contribution is -2.58. The maximum atomic E-state index is 11.7. The Hall–Kier alpha value is -1.30. The lowest BCUT2D eigenvalue weighted by Gasteiger charge is -2.38. The summed E-state index contributed by atoms with van der Waals surface area (Å²) in [5.74, 6) is -1.23. The van der Waals surface area contributed by atoms with Crippen molar-refractivity contribution in [2.45, 2.75) is 19.4 Å². The third kappa shape index (κ3) is 3.33. The van der Waals surface area contributed by atoms with Gasteiger partial charge in [-0.2, -0.15) is 0 Å². The molecule has 6 nitrogen and oxygen atoms in total. The van der Waals surface area contributed by atoms with E-state index in [1.54, 1.807) is 0 Å². The molecule has 2 N–H and O–H groups in total. The molecule has 0 radical (unpaired) electrons. The predicted octanol–water partition coefficient (Wildman–Crippen LogP) is 0.0526. The number of rotatable bonds is 4. The fraction of sp³-hybridized carbons (Fsp3) is 0.818. The Balaban J connectivity index is 2.31. The van der Waals surface area contributed by atoms with Crippen LogP contribution in [0, 0.1) is 5.92 Å². The largest absolute Gasteiger partial charge is 0.481 e. The van der Waals surface area contributed by atoms with E-state index in [1.807, 2.05) is 32.8 Å². The van der Waals surface area contributed by atoms with Crippen molar-refractivity contribution in [3.63, 3.8) is 0 Å². The first-order chi connectivity index (χ1) is 7.74. The zero-order valence-corrected chi connectivity index (χ0v) is 10.9. The average molecular weight is 243 g/mol. The van der Waals surface area contributed by atoms with Crippen LogP contribution in [0.2, 0.25) is 0 Å². The maximum Gasteiger partial charge on any atom is 0.317 e. The standard InChI is InChI=1S/C11H21N3O3/c1-11(2,13(3)4)7-12-10(17)14-5-8(6-14)9(15)16/h8H,5-7H2,1-4H3,(H,12,17)(H,15,16). The summed E-state index contributed by atoms with van der Waals surface area (Å²) in [6.07, 6.45) is 0. The monoisotopic (exact) mass is 243 g/mol. The molecule has 0 aromatic carbocycles. The predicted molar refractivity (Wildman–Crippen MR) is 63.9 cm³/mol. The molecule has 0 aromatic rings. The van der Waals surface area contributed by atoms with E-state index in [2.05, 4.69) is 5.32 Å². The lowest BCUT2D eigenvalue weighted by atomic mass is 10.0. The van der Waals surface area contributed by atoms with Gasteiger partial charge in [-0.25, -0.2) is 4.79 Å². The van der Waals surface area contributed by atoms with Crippen LogP contribution in [0.1, 0.15) is 13.8 Å². The average Bonchev–Trinajstić information content (AvgIpc) is 2.11. The first-order valence-corrected chi connectivity index (χ1v) is 5.67. The van der Waals surface area contributed by atoms with Crippen molar-refractivity contribution in [2.24, 2.45) is 5.92 Å². The van der Waals surface area contributed by atoms with Crippen LogP contribution in [-0.2, 0) is 4.79 Å². The number of hydrogen-bond donors (Lipinski definition) is 2. The molecule has 6 heteroatoms. The molecule has 1 fully saturated rings. The van der Waals surface area contributed by atoms with Crippen molar-refractivity contribution >= 4 is 12.0 Å². The van der Waals surface area contributed by atoms with Gasteiger partial charge in [-0.1, -0.05) is 0 Å². The molecule has 0 saturated carbocycles. The Kier molecular flexibility index (Phi) is 3.98. The van der Waals surface area contributed by atoms with E-state index in [0.29, 0.717) is 19.6 Å². The molecule has 0 unspecified atom stereocenters. The summed E-state index contributed by atoms with van der Waals surface area (Å²) < 4.78 is 0. The van der Waals surface area contributed by atoms with Crippen LogP contribution in [0.15, 0.2) is 0 Å². The number of likely N-dealkylation sites (tertiary alicyclic amines) is 1. The highest BCUT2D eigenvalue weighted by Crippen LogP contribution is 2.15. The first kappa shape index (κ1) is 13.8. The van der Waals surface area contributed by atoms with E-state index in [-0.39, 0.29) is 11.6 Å². The molecule has 0 bridgehead atoms. The molecule has 0 atom stereocenters.